The van der Waals surface area contributed by atoms with E-state index < -0.39 is 40.0 Å². The van der Waals surface area contributed by atoms with Gasteiger partial charge in [0.05, 0.1) is 22.7 Å². The molecule has 3 heterocycles. The van der Waals surface area contributed by atoms with Crippen LogP contribution in [0.1, 0.15) is 24.1 Å². The Kier molecular flexibility index (Phi) is 4.54. The minimum absolute atomic E-state index is 0.205. The quantitative estimate of drug-likeness (QED) is 0.527. The van der Waals surface area contributed by atoms with Crippen LogP contribution in [-0.4, -0.2) is 25.7 Å². The Balaban J connectivity index is 2.50. The molecule has 6 nitrogen and oxygen atoms in total. The van der Waals surface area contributed by atoms with Crippen molar-refractivity contribution in [1.29, 1.82) is 0 Å². The van der Waals surface area contributed by atoms with Gasteiger partial charge in [-0.05, 0) is 31.5 Å². The van der Waals surface area contributed by atoms with E-state index >= 15 is 0 Å². The van der Waals surface area contributed by atoms with Crippen LogP contribution in [-0.2, 0) is 0 Å². The van der Waals surface area contributed by atoms with E-state index in [1.54, 1.807) is 0 Å². The standard InChI is InChI=1S/C16H11ClF4N4O2/c1-6-3-4-22-10(7(2)16(19,20)21)11(6)25-13-8(14(26)24-15(25)27)5-9(18)12(17)23-13/h3-5,7H,1-2H3,(H,24,26,27)/t7-/m1/s1. The maximum absolute atomic E-state index is 13.7. The van der Waals surface area contributed by atoms with E-state index in [1.807, 2.05) is 4.98 Å². The molecule has 0 bridgehead atoms. The average Bonchev–Trinajstić information content (AvgIpc) is 2.56. The van der Waals surface area contributed by atoms with Crippen LogP contribution in [0.5, 0.6) is 0 Å². The summed E-state index contributed by atoms with van der Waals surface area (Å²) in [6.07, 6.45) is -3.45. The van der Waals surface area contributed by atoms with Crippen LogP contribution < -0.4 is 11.2 Å². The van der Waals surface area contributed by atoms with Gasteiger partial charge in [0, 0.05) is 6.20 Å². The van der Waals surface area contributed by atoms with E-state index in [1.165, 1.54) is 19.2 Å². The molecule has 3 aromatic heterocycles. The van der Waals surface area contributed by atoms with Gasteiger partial charge < -0.3 is 0 Å². The lowest BCUT2D eigenvalue weighted by molar-refractivity contribution is -0.147. The maximum atomic E-state index is 13.7. The Labute approximate surface area is 153 Å². The van der Waals surface area contributed by atoms with Crippen molar-refractivity contribution in [3.63, 3.8) is 0 Å². The lowest BCUT2D eigenvalue weighted by Crippen LogP contribution is -2.32. The molecule has 0 spiro atoms. The topological polar surface area (TPSA) is 80.6 Å². The van der Waals surface area contributed by atoms with Gasteiger partial charge in [-0.2, -0.15) is 13.2 Å². The molecule has 0 saturated heterocycles. The number of nitrogens with one attached hydrogen (secondary N) is 1. The van der Waals surface area contributed by atoms with Crippen molar-refractivity contribution >= 4 is 22.6 Å². The first kappa shape index (κ1) is 19.0. The van der Waals surface area contributed by atoms with Crippen LogP contribution in [0.2, 0.25) is 5.15 Å². The third-order valence-electron chi connectivity index (χ3n) is 4.07. The Morgan fingerprint density at radius 3 is 2.59 bits per heavy atom. The summed E-state index contributed by atoms with van der Waals surface area (Å²) in [4.78, 5) is 33.9. The van der Waals surface area contributed by atoms with Gasteiger partial charge in [-0.15, -0.1) is 0 Å². The summed E-state index contributed by atoms with van der Waals surface area (Å²) in [6, 6.07) is 2.16. The molecule has 0 saturated carbocycles. The maximum Gasteiger partial charge on any atom is 0.397 e. The summed E-state index contributed by atoms with van der Waals surface area (Å²) in [7, 11) is 0. The highest BCUT2D eigenvalue weighted by Crippen LogP contribution is 2.37. The molecule has 0 amide bonds. The lowest BCUT2D eigenvalue weighted by atomic mass is 10.0. The molecule has 11 heteroatoms. The summed E-state index contributed by atoms with van der Waals surface area (Å²) in [5, 5.41) is -0.974. The number of nitrogens with zero attached hydrogens (tertiary/aromatic N) is 3. The fourth-order valence-corrected chi connectivity index (χ4v) is 2.79. The van der Waals surface area contributed by atoms with Crippen LogP contribution in [0.4, 0.5) is 17.6 Å². The summed E-state index contributed by atoms with van der Waals surface area (Å²) in [6.45, 7) is 2.36. The molecular weight excluding hydrogens is 392 g/mol. The number of pyridine rings is 2. The molecule has 27 heavy (non-hydrogen) atoms. The second-order valence-electron chi connectivity index (χ2n) is 5.85. The van der Waals surface area contributed by atoms with E-state index in [0.717, 1.165) is 17.6 Å². The van der Waals surface area contributed by atoms with Crippen LogP contribution in [0.15, 0.2) is 27.9 Å². The summed E-state index contributed by atoms with van der Waals surface area (Å²) in [5.41, 5.74) is -2.74. The van der Waals surface area contributed by atoms with Crippen LogP contribution >= 0.6 is 11.6 Å². The zero-order valence-electron chi connectivity index (χ0n) is 13.9. The SMILES string of the molecule is Cc1ccnc([C@@H](C)C(F)(F)F)c1-n1c(=O)[nH]c(=O)c2cc(F)c(Cl)nc21. The molecule has 1 atom stereocenters. The molecule has 1 N–H and O–H groups in total. The van der Waals surface area contributed by atoms with Gasteiger partial charge in [-0.3, -0.25) is 14.8 Å². The van der Waals surface area contributed by atoms with Gasteiger partial charge in [0.1, 0.15) is 0 Å². The minimum atomic E-state index is -4.63. The van der Waals surface area contributed by atoms with E-state index in [4.69, 9.17) is 11.6 Å². The highest BCUT2D eigenvalue weighted by molar-refractivity contribution is 6.29. The van der Waals surface area contributed by atoms with Gasteiger partial charge >= 0.3 is 11.9 Å². The number of alkyl halides is 3. The molecule has 0 aromatic carbocycles. The smallest absolute Gasteiger partial charge is 0.273 e. The number of aromatic amines is 1. The van der Waals surface area contributed by atoms with Gasteiger partial charge in [0.25, 0.3) is 5.56 Å². The molecule has 3 aromatic rings. The molecule has 0 aliphatic rings. The lowest BCUT2D eigenvalue weighted by Gasteiger charge is -2.21. The molecule has 0 aliphatic carbocycles. The number of aryl methyl sites for hydroxylation is 1. The second-order valence-corrected chi connectivity index (χ2v) is 6.21. The zero-order valence-corrected chi connectivity index (χ0v) is 14.6. The first-order chi connectivity index (χ1) is 12.5. The molecule has 0 unspecified atom stereocenters. The highest BCUT2D eigenvalue weighted by atomic mass is 35.5. The zero-order chi connectivity index (χ0) is 20.1. The predicted molar refractivity (Wildman–Crippen MR) is 89.9 cm³/mol. The molecule has 142 valence electrons. The molecule has 0 fully saturated rings. The number of hydrogen-bond donors (Lipinski definition) is 1. The first-order valence-corrected chi connectivity index (χ1v) is 7.94. The van der Waals surface area contributed by atoms with Crippen molar-refractivity contribution in [2.24, 2.45) is 0 Å². The largest absolute Gasteiger partial charge is 0.397 e. The number of halogens is 5. The van der Waals surface area contributed by atoms with Gasteiger partial charge in [-0.1, -0.05) is 11.6 Å². The summed E-state index contributed by atoms with van der Waals surface area (Å²) < 4.78 is 54.3. The minimum Gasteiger partial charge on any atom is -0.273 e. The van der Waals surface area contributed by atoms with Crippen molar-refractivity contribution in [2.45, 2.75) is 25.9 Å². The van der Waals surface area contributed by atoms with Crippen molar-refractivity contribution < 1.29 is 17.6 Å². The van der Waals surface area contributed by atoms with Crippen molar-refractivity contribution in [1.82, 2.24) is 19.5 Å². The fraction of sp³-hybridized carbons (Fsp3) is 0.250. The second kappa shape index (κ2) is 6.45. The Bertz CT molecular complexity index is 1170. The van der Waals surface area contributed by atoms with Gasteiger partial charge in [0.15, 0.2) is 16.6 Å². The number of fused-ring (bicyclic) bond motifs is 1. The Hall–Kier alpha value is -2.75. The molecule has 0 radical (unpaired) electrons. The summed E-state index contributed by atoms with van der Waals surface area (Å²) in [5.74, 6) is -3.02. The monoisotopic (exact) mass is 402 g/mol. The summed E-state index contributed by atoms with van der Waals surface area (Å²) >= 11 is 5.66. The Morgan fingerprint density at radius 2 is 1.96 bits per heavy atom. The van der Waals surface area contributed by atoms with Crippen LogP contribution in [0, 0.1) is 12.7 Å². The Morgan fingerprint density at radius 1 is 1.30 bits per heavy atom. The molecule has 3 rings (SSSR count). The first-order valence-electron chi connectivity index (χ1n) is 7.56. The highest BCUT2D eigenvalue weighted by Gasteiger charge is 2.40. The van der Waals surface area contributed by atoms with Crippen LogP contribution in [0.25, 0.3) is 16.7 Å². The van der Waals surface area contributed by atoms with Crippen molar-refractivity contribution in [3.8, 4) is 5.69 Å². The normalized spacial score (nSPS) is 13.1. The number of rotatable bonds is 2. The van der Waals surface area contributed by atoms with Crippen molar-refractivity contribution in [3.05, 3.63) is 61.4 Å². The number of hydrogen-bond acceptors (Lipinski definition) is 4. The third-order valence-corrected chi connectivity index (χ3v) is 4.34. The number of H-pyrrole nitrogens is 1. The van der Waals surface area contributed by atoms with E-state index in [-0.39, 0.29) is 22.3 Å². The predicted octanol–water partition coefficient (Wildman–Crippen LogP) is 3.24. The van der Waals surface area contributed by atoms with E-state index in [0.29, 0.717) is 0 Å². The van der Waals surface area contributed by atoms with E-state index in [9.17, 15) is 27.2 Å². The van der Waals surface area contributed by atoms with Gasteiger partial charge in [0.2, 0.25) is 0 Å². The van der Waals surface area contributed by atoms with E-state index in [2.05, 4.69) is 9.97 Å². The van der Waals surface area contributed by atoms with Crippen LogP contribution in [0.3, 0.4) is 0 Å². The van der Waals surface area contributed by atoms with Crippen molar-refractivity contribution in [2.75, 3.05) is 0 Å². The number of aromatic nitrogens is 4. The van der Waals surface area contributed by atoms with Gasteiger partial charge in [-0.25, -0.2) is 18.7 Å². The average molecular weight is 403 g/mol. The fourth-order valence-electron chi connectivity index (χ4n) is 2.65. The molecular formula is C16H11ClF4N4O2. The third kappa shape index (κ3) is 3.20. The molecule has 0 aliphatic heterocycles.